The van der Waals surface area contributed by atoms with Gasteiger partial charge in [0.1, 0.15) is 5.75 Å². The third kappa shape index (κ3) is 1.88. The van der Waals surface area contributed by atoms with Crippen LogP contribution in [-0.2, 0) is 6.67 Å². The first kappa shape index (κ1) is 13.2. The lowest BCUT2D eigenvalue weighted by Gasteiger charge is -2.24. The monoisotopic (exact) mass is 312 g/mol. The molecule has 0 saturated heterocycles. The summed E-state index contributed by atoms with van der Waals surface area (Å²) in [6.45, 7) is 0.434. The lowest BCUT2D eigenvalue weighted by atomic mass is 10.0. The first-order valence-corrected chi connectivity index (χ1v) is 7.30. The van der Waals surface area contributed by atoms with E-state index in [1.165, 1.54) is 0 Å². The Morgan fingerprint density at radius 3 is 2.86 bits per heavy atom. The van der Waals surface area contributed by atoms with E-state index in [-0.39, 0.29) is 5.56 Å². The molecule has 0 unspecified atom stereocenters. The van der Waals surface area contributed by atoms with Crippen molar-refractivity contribution in [1.82, 2.24) is 4.57 Å². The number of pyridine rings is 1. The maximum atomic E-state index is 12.7. The SMILES string of the molecule is COc1ccc2c(=O)n3c(cc2c1)-c1ccc(Cl)cc1NC3. The van der Waals surface area contributed by atoms with Crippen LogP contribution in [0.4, 0.5) is 5.69 Å². The Labute approximate surface area is 131 Å². The predicted octanol–water partition coefficient (Wildman–Crippen LogP) is 3.71. The molecule has 4 rings (SSSR count). The first-order chi connectivity index (χ1) is 10.7. The average molecular weight is 313 g/mol. The van der Waals surface area contributed by atoms with Crippen molar-refractivity contribution in [2.75, 3.05) is 12.4 Å². The second kappa shape index (κ2) is 4.78. The summed E-state index contributed by atoms with van der Waals surface area (Å²) < 4.78 is 6.99. The van der Waals surface area contributed by atoms with Crippen LogP contribution in [0, 0.1) is 0 Å². The lowest BCUT2D eigenvalue weighted by molar-refractivity contribution is 0.415. The zero-order valence-electron chi connectivity index (χ0n) is 11.9. The Morgan fingerprint density at radius 2 is 2.05 bits per heavy atom. The van der Waals surface area contributed by atoms with Gasteiger partial charge in [-0.25, -0.2) is 0 Å². The topological polar surface area (TPSA) is 43.3 Å². The molecule has 1 aliphatic heterocycles. The van der Waals surface area contributed by atoms with Crippen molar-refractivity contribution in [1.29, 1.82) is 0 Å². The maximum absolute atomic E-state index is 12.7. The molecule has 0 fully saturated rings. The van der Waals surface area contributed by atoms with Gasteiger partial charge in [0.15, 0.2) is 0 Å². The Bertz CT molecular complexity index is 963. The molecule has 2 aromatic carbocycles. The number of ether oxygens (including phenoxy) is 1. The standard InChI is InChI=1S/C17H13ClN2O2/c1-22-12-3-5-13-10(6-12)7-16-14-4-2-11(18)8-15(14)19-9-20(16)17(13)21/h2-8,19H,9H2,1H3. The van der Waals surface area contributed by atoms with E-state index in [1.54, 1.807) is 23.8 Å². The van der Waals surface area contributed by atoms with Crippen LogP contribution in [0.5, 0.6) is 5.75 Å². The van der Waals surface area contributed by atoms with Gasteiger partial charge in [-0.3, -0.25) is 9.36 Å². The molecule has 22 heavy (non-hydrogen) atoms. The van der Waals surface area contributed by atoms with Crippen LogP contribution in [-0.4, -0.2) is 11.7 Å². The first-order valence-electron chi connectivity index (χ1n) is 6.93. The third-order valence-corrected chi connectivity index (χ3v) is 4.24. The predicted molar refractivity (Wildman–Crippen MR) is 88.8 cm³/mol. The number of anilines is 1. The highest BCUT2D eigenvalue weighted by Gasteiger charge is 2.18. The summed E-state index contributed by atoms with van der Waals surface area (Å²) in [6.07, 6.45) is 0. The highest BCUT2D eigenvalue weighted by molar-refractivity contribution is 6.31. The van der Waals surface area contributed by atoms with Gasteiger partial charge in [0.05, 0.1) is 19.5 Å². The second-order valence-corrected chi connectivity index (χ2v) is 5.68. The van der Waals surface area contributed by atoms with E-state index in [1.807, 2.05) is 30.3 Å². The van der Waals surface area contributed by atoms with E-state index >= 15 is 0 Å². The van der Waals surface area contributed by atoms with Crippen molar-refractivity contribution >= 4 is 28.1 Å². The lowest BCUT2D eigenvalue weighted by Crippen LogP contribution is -2.28. The fourth-order valence-electron chi connectivity index (χ4n) is 2.89. The van der Waals surface area contributed by atoms with Crippen LogP contribution >= 0.6 is 11.6 Å². The molecule has 3 aromatic rings. The van der Waals surface area contributed by atoms with E-state index in [4.69, 9.17) is 16.3 Å². The quantitative estimate of drug-likeness (QED) is 0.745. The largest absolute Gasteiger partial charge is 0.497 e. The molecule has 0 aliphatic carbocycles. The number of nitrogens with one attached hydrogen (secondary N) is 1. The zero-order chi connectivity index (χ0) is 15.3. The van der Waals surface area contributed by atoms with Gasteiger partial charge >= 0.3 is 0 Å². The fraction of sp³-hybridized carbons (Fsp3) is 0.118. The normalized spacial score (nSPS) is 12.5. The van der Waals surface area contributed by atoms with Crippen LogP contribution in [0.1, 0.15) is 0 Å². The van der Waals surface area contributed by atoms with E-state index in [0.29, 0.717) is 17.1 Å². The third-order valence-electron chi connectivity index (χ3n) is 4.00. The summed E-state index contributed by atoms with van der Waals surface area (Å²) in [6, 6.07) is 13.2. The number of fused-ring (bicyclic) bond motifs is 4. The molecule has 0 spiro atoms. The van der Waals surface area contributed by atoms with Gasteiger partial charge in [0.2, 0.25) is 0 Å². The number of nitrogens with zero attached hydrogens (tertiary/aromatic N) is 1. The Balaban J connectivity index is 2.05. The minimum atomic E-state index is -0.0109. The molecule has 0 saturated carbocycles. The number of rotatable bonds is 1. The zero-order valence-corrected chi connectivity index (χ0v) is 12.6. The second-order valence-electron chi connectivity index (χ2n) is 5.24. The number of hydrogen-bond acceptors (Lipinski definition) is 3. The Hall–Kier alpha value is -2.46. The molecule has 110 valence electrons. The van der Waals surface area contributed by atoms with Crippen LogP contribution in [0.25, 0.3) is 22.0 Å². The molecule has 0 bridgehead atoms. The minimum absolute atomic E-state index is 0.0109. The summed E-state index contributed by atoms with van der Waals surface area (Å²) in [5, 5.41) is 5.47. The van der Waals surface area contributed by atoms with Gasteiger partial charge in [-0.2, -0.15) is 0 Å². The molecule has 5 heteroatoms. The maximum Gasteiger partial charge on any atom is 0.260 e. The van der Waals surface area contributed by atoms with E-state index in [0.717, 1.165) is 28.1 Å². The number of methoxy groups -OCH3 is 1. The summed E-state index contributed by atoms with van der Waals surface area (Å²) in [5.74, 6) is 0.738. The van der Waals surface area contributed by atoms with Crippen molar-refractivity contribution < 1.29 is 4.74 Å². The summed E-state index contributed by atoms with van der Waals surface area (Å²) in [7, 11) is 1.62. The number of halogens is 1. The highest BCUT2D eigenvalue weighted by Crippen LogP contribution is 2.34. The fourth-order valence-corrected chi connectivity index (χ4v) is 3.06. The van der Waals surface area contributed by atoms with Gasteiger partial charge in [-0.15, -0.1) is 0 Å². The Kier molecular flexibility index (Phi) is 2.87. The molecule has 2 heterocycles. The number of hydrogen-bond donors (Lipinski definition) is 1. The van der Waals surface area contributed by atoms with Crippen molar-refractivity contribution in [3.63, 3.8) is 0 Å². The van der Waals surface area contributed by atoms with Gasteiger partial charge in [-0.1, -0.05) is 11.6 Å². The van der Waals surface area contributed by atoms with Crippen LogP contribution in [0.15, 0.2) is 47.3 Å². The molecule has 1 N–H and O–H groups in total. The van der Waals surface area contributed by atoms with Crippen molar-refractivity contribution in [3.05, 3.63) is 57.8 Å². The molecule has 0 atom stereocenters. The Morgan fingerprint density at radius 1 is 1.18 bits per heavy atom. The molecule has 4 nitrogen and oxygen atoms in total. The smallest absolute Gasteiger partial charge is 0.260 e. The molecule has 1 aliphatic rings. The average Bonchev–Trinajstić information content (AvgIpc) is 2.54. The van der Waals surface area contributed by atoms with E-state index in [2.05, 4.69) is 5.32 Å². The summed E-state index contributed by atoms with van der Waals surface area (Å²) in [5.41, 5.74) is 2.78. The minimum Gasteiger partial charge on any atom is -0.497 e. The van der Waals surface area contributed by atoms with Crippen LogP contribution < -0.4 is 15.6 Å². The van der Waals surface area contributed by atoms with E-state index in [9.17, 15) is 4.79 Å². The molecule has 0 amide bonds. The molecule has 0 radical (unpaired) electrons. The molecular formula is C17H13ClN2O2. The van der Waals surface area contributed by atoms with Crippen molar-refractivity contribution in [2.45, 2.75) is 6.67 Å². The summed E-state index contributed by atoms with van der Waals surface area (Å²) in [4.78, 5) is 12.7. The van der Waals surface area contributed by atoms with E-state index < -0.39 is 0 Å². The number of benzene rings is 2. The summed E-state index contributed by atoms with van der Waals surface area (Å²) >= 11 is 6.04. The van der Waals surface area contributed by atoms with Crippen LogP contribution in [0.2, 0.25) is 5.02 Å². The van der Waals surface area contributed by atoms with Gasteiger partial charge in [0.25, 0.3) is 5.56 Å². The van der Waals surface area contributed by atoms with Gasteiger partial charge < -0.3 is 10.1 Å². The van der Waals surface area contributed by atoms with Crippen molar-refractivity contribution in [3.8, 4) is 17.0 Å². The van der Waals surface area contributed by atoms with Gasteiger partial charge in [-0.05, 0) is 47.9 Å². The highest BCUT2D eigenvalue weighted by atomic mass is 35.5. The molecular weight excluding hydrogens is 300 g/mol. The van der Waals surface area contributed by atoms with Crippen molar-refractivity contribution in [2.24, 2.45) is 0 Å². The van der Waals surface area contributed by atoms with Gasteiger partial charge in [0, 0.05) is 21.7 Å². The number of aromatic nitrogens is 1. The van der Waals surface area contributed by atoms with Crippen LogP contribution in [0.3, 0.4) is 0 Å². The molecule has 1 aromatic heterocycles.